The van der Waals surface area contributed by atoms with E-state index >= 15 is 0 Å². The highest BCUT2D eigenvalue weighted by Crippen LogP contribution is 2.29. The fraction of sp³-hybridized carbons (Fsp3) is 0.250. The smallest absolute Gasteiger partial charge is 0.258 e. The van der Waals surface area contributed by atoms with Crippen LogP contribution in [0.5, 0.6) is 0 Å². The van der Waals surface area contributed by atoms with Crippen molar-refractivity contribution in [3.63, 3.8) is 0 Å². The molecule has 0 aliphatic rings. The third kappa shape index (κ3) is 1.68. The first-order valence-corrected chi connectivity index (χ1v) is 3.83. The highest BCUT2D eigenvalue weighted by molar-refractivity contribution is 5.56. The van der Waals surface area contributed by atoms with Crippen molar-refractivity contribution in [3.8, 4) is 0 Å². The molecule has 0 N–H and O–H groups in total. The Balaban J connectivity index is 3.46. The number of nitro groups is 2. The standard InChI is InChI=1S/C8H8N2O4/c1-5-3-7(9(11)12)8(10(13)14)4-6(5)2/h3-4H,1-2H3. The van der Waals surface area contributed by atoms with E-state index in [1.54, 1.807) is 13.8 Å². The molecule has 0 radical (unpaired) electrons. The zero-order chi connectivity index (χ0) is 10.9. The lowest BCUT2D eigenvalue weighted by atomic mass is 10.1. The molecule has 14 heavy (non-hydrogen) atoms. The van der Waals surface area contributed by atoms with Crippen molar-refractivity contribution >= 4 is 11.4 Å². The number of benzene rings is 1. The summed E-state index contributed by atoms with van der Waals surface area (Å²) >= 11 is 0. The van der Waals surface area contributed by atoms with Crippen LogP contribution in [0.2, 0.25) is 0 Å². The Morgan fingerprint density at radius 3 is 1.43 bits per heavy atom. The molecule has 6 nitrogen and oxygen atoms in total. The van der Waals surface area contributed by atoms with E-state index in [0.717, 1.165) is 0 Å². The summed E-state index contributed by atoms with van der Waals surface area (Å²) in [6, 6.07) is 2.43. The molecule has 0 unspecified atom stereocenters. The summed E-state index contributed by atoms with van der Waals surface area (Å²) in [6.07, 6.45) is 0. The van der Waals surface area contributed by atoms with Gasteiger partial charge in [0.1, 0.15) is 0 Å². The Labute approximate surface area is 79.5 Å². The van der Waals surface area contributed by atoms with Gasteiger partial charge < -0.3 is 0 Å². The summed E-state index contributed by atoms with van der Waals surface area (Å²) in [5.74, 6) is 0. The zero-order valence-corrected chi connectivity index (χ0v) is 7.68. The Morgan fingerprint density at radius 2 is 1.21 bits per heavy atom. The van der Waals surface area contributed by atoms with E-state index in [1.807, 2.05) is 0 Å². The first kappa shape index (κ1) is 10.1. The molecule has 0 amide bonds. The minimum atomic E-state index is -0.745. The van der Waals surface area contributed by atoms with Crippen molar-refractivity contribution in [2.45, 2.75) is 13.8 Å². The molecule has 0 saturated heterocycles. The van der Waals surface area contributed by atoms with Gasteiger partial charge in [-0.05, 0) is 25.0 Å². The zero-order valence-electron chi connectivity index (χ0n) is 7.68. The summed E-state index contributed by atoms with van der Waals surface area (Å²) in [7, 11) is 0. The van der Waals surface area contributed by atoms with Crippen LogP contribution in [0.3, 0.4) is 0 Å². The van der Waals surface area contributed by atoms with Gasteiger partial charge >= 0.3 is 11.4 Å². The molecule has 0 bridgehead atoms. The third-order valence-corrected chi connectivity index (χ3v) is 1.98. The van der Waals surface area contributed by atoms with Gasteiger partial charge in [0.25, 0.3) is 0 Å². The Bertz CT molecular complexity index is 375. The Morgan fingerprint density at radius 1 is 0.929 bits per heavy atom. The molecule has 0 saturated carbocycles. The summed E-state index contributed by atoms with van der Waals surface area (Å²) in [5, 5.41) is 21.0. The van der Waals surface area contributed by atoms with E-state index in [-0.39, 0.29) is 0 Å². The monoisotopic (exact) mass is 196 g/mol. The van der Waals surface area contributed by atoms with Crippen molar-refractivity contribution in [2.24, 2.45) is 0 Å². The fourth-order valence-electron chi connectivity index (χ4n) is 1.08. The van der Waals surface area contributed by atoms with E-state index in [2.05, 4.69) is 0 Å². The second kappa shape index (κ2) is 3.41. The topological polar surface area (TPSA) is 86.3 Å². The largest absolute Gasteiger partial charge is 0.346 e. The van der Waals surface area contributed by atoms with Gasteiger partial charge in [-0.25, -0.2) is 0 Å². The molecular formula is C8H8N2O4. The van der Waals surface area contributed by atoms with Gasteiger partial charge in [-0.2, -0.15) is 0 Å². The molecule has 0 spiro atoms. The van der Waals surface area contributed by atoms with E-state index in [0.29, 0.717) is 11.1 Å². The molecule has 0 aliphatic carbocycles. The normalized spacial score (nSPS) is 9.86. The van der Waals surface area contributed by atoms with Gasteiger partial charge in [0.15, 0.2) is 0 Å². The van der Waals surface area contributed by atoms with Gasteiger partial charge in [0, 0.05) is 12.1 Å². The van der Waals surface area contributed by atoms with Gasteiger partial charge in [0.2, 0.25) is 0 Å². The fourth-order valence-corrected chi connectivity index (χ4v) is 1.08. The Kier molecular flexibility index (Phi) is 2.46. The van der Waals surface area contributed by atoms with Crippen molar-refractivity contribution in [2.75, 3.05) is 0 Å². The second-order valence-corrected chi connectivity index (χ2v) is 2.94. The van der Waals surface area contributed by atoms with E-state index < -0.39 is 21.2 Å². The quantitative estimate of drug-likeness (QED) is 0.535. The molecule has 74 valence electrons. The van der Waals surface area contributed by atoms with Crippen LogP contribution in [0.1, 0.15) is 11.1 Å². The number of nitro benzene ring substituents is 2. The lowest BCUT2D eigenvalue weighted by molar-refractivity contribution is -0.422. The Hall–Kier alpha value is -1.98. The molecule has 6 heteroatoms. The van der Waals surface area contributed by atoms with Crippen molar-refractivity contribution in [1.29, 1.82) is 0 Å². The molecule has 1 aromatic carbocycles. The molecule has 0 atom stereocenters. The van der Waals surface area contributed by atoms with Crippen molar-refractivity contribution < 1.29 is 9.85 Å². The van der Waals surface area contributed by atoms with Crippen LogP contribution in [0.15, 0.2) is 12.1 Å². The maximum Gasteiger partial charge on any atom is 0.346 e. The summed E-state index contributed by atoms with van der Waals surface area (Å²) in [4.78, 5) is 19.5. The molecule has 1 aromatic rings. The number of aryl methyl sites for hydroxylation is 2. The van der Waals surface area contributed by atoms with Gasteiger partial charge in [-0.3, -0.25) is 20.2 Å². The van der Waals surface area contributed by atoms with Gasteiger partial charge in [-0.15, -0.1) is 0 Å². The molecule has 0 heterocycles. The first-order chi connectivity index (χ1) is 6.43. The van der Waals surface area contributed by atoms with Gasteiger partial charge in [0.05, 0.1) is 9.85 Å². The molecule has 0 fully saturated rings. The van der Waals surface area contributed by atoms with Gasteiger partial charge in [-0.1, -0.05) is 0 Å². The highest BCUT2D eigenvalue weighted by Gasteiger charge is 2.24. The van der Waals surface area contributed by atoms with Crippen LogP contribution in [0, 0.1) is 34.1 Å². The van der Waals surface area contributed by atoms with Crippen LogP contribution >= 0.6 is 0 Å². The minimum Gasteiger partial charge on any atom is -0.258 e. The van der Waals surface area contributed by atoms with Crippen LogP contribution in [0.4, 0.5) is 11.4 Å². The molecule has 1 rings (SSSR count). The summed E-state index contributed by atoms with van der Waals surface area (Å²) in [6.45, 7) is 3.35. The SMILES string of the molecule is Cc1cc([N+](=O)[O-])c([N+](=O)[O-])cc1C. The average Bonchev–Trinajstić information content (AvgIpc) is 2.08. The minimum absolute atomic E-state index is 0.460. The molecular weight excluding hydrogens is 188 g/mol. The molecule has 0 aromatic heterocycles. The highest BCUT2D eigenvalue weighted by atomic mass is 16.6. The van der Waals surface area contributed by atoms with E-state index in [4.69, 9.17) is 0 Å². The second-order valence-electron chi connectivity index (χ2n) is 2.94. The summed E-state index contributed by atoms with van der Waals surface area (Å²) < 4.78 is 0. The number of rotatable bonds is 2. The first-order valence-electron chi connectivity index (χ1n) is 3.83. The third-order valence-electron chi connectivity index (χ3n) is 1.98. The number of nitrogens with zero attached hydrogens (tertiary/aromatic N) is 2. The van der Waals surface area contributed by atoms with E-state index in [1.165, 1.54) is 12.1 Å². The van der Waals surface area contributed by atoms with Crippen molar-refractivity contribution in [1.82, 2.24) is 0 Å². The van der Waals surface area contributed by atoms with Crippen molar-refractivity contribution in [3.05, 3.63) is 43.5 Å². The van der Waals surface area contributed by atoms with E-state index in [9.17, 15) is 20.2 Å². The number of hydrogen-bond acceptors (Lipinski definition) is 4. The number of hydrogen-bond donors (Lipinski definition) is 0. The van der Waals surface area contributed by atoms with Crippen LogP contribution in [-0.2, 0) is 0 Å². The predicted molar refractivity (Wildman–Crippen MR) is 49.2 cm³/mol. The lowest BCUT2D eigenvalue weighted by Gasteiger charge is -1.99. The maximum atomic E-state index is 10.5. The van der Waals surface area contributed by atoms with Crippen LogP contribution in [0.25, 0.3) is 0 Å². The van der Waals surface area contributed by atoms with Crippen LogP contribution in [-0.4, -0.2) is 9.85 Å². The predicted octanol–water partition coefficient (Wildman–Crippen LogP) is 2.12. The lowest BCUT2D eigenvalue weighted by Crippen LogP contribution is -1.98. The maximum absolute atomic E-state index is 10.5. The summed E-state index contributed by atoms with van der Waals surface area (Å²) in [5.41, 5.74) is 0.417. The molecule has 0 aliphatic heterocycles. The van der Waals surface area contributed by atoms with Crippen LogP contribution < -0.4 is 0 Å². The average molecular weight is 196 g/mol.